The summed E-state index contributed by atoms with van der Waals surface area (Å²) in [5.41, 5.74) is 3.43. The molecule has 292 valence electrons. The predicted octanol–water partition coefficient (Wildman–Crippen LogP) is 9.89. The standard InChI is InChI=1S/C17H16O2.C9H10O2.C9H8O.C8H5F3O.Ar.2H2S/c1-17(14-10-6-3-7-11-14)15(12-16(18)19-17)13-8-4-2-5-9-13;10-9(11)7-6-8-4-2-1-3-5-8;10-8-4-7-9-5-2-1-3-6-9;9-8(10,11)7(12)6-4-2-1-3-5-6;;;/h2-11,15H,12H2,1H3;1-5H,6-7H2,(H,10,11);1-8H;1-5H;;2*1H2/b;;7-4+;;;;/t15-,17+;;;;;;/m0....../s1. The molecule has 0 saturated carbocycles. The number of ketones is 1. The van der Waals surface area contributed by atoms with Gasteiger partial charge in [0.05, 0.1) is 6.42 Å². The second-order valence-electron chi connectivity index (χ2n) is 11.6. The number of allylic oxidation sites excluding steroid dienone is 1. The molecule has 1 aliphatic heterocycles. The Morgan fingerprint density at radius 2 is 1.22 bits per heavy atom. The largest absolute Gasteiger partial charge is 0.481 e. The number of halogens is 3. The first-order chi connectivity index (χ1) is 24.9. The van der Waals surface area contributed by atoms with Crippen molar-refractivity contribution in [3.8, 4) is 0 Å². The number of hydrogen-bond donors (Lipinski definition) is 1. The number of carbonyl (C=O) groups is 4. The second-order valence-corrected chi connectivity index (χ2v) is 11.6. The first kappa shape index (κ1) is 50.9. The molecule has 1 fully saturated rings. The maximum absolute atomic E-state index is 11.8. The molecule has 1 heterocycles. The fourth-order valence-electron chi connectivity index (χ4n) is 5.22. The van der Waals surface area contributed by atoms with E-state index in [1.165, 1.54) is 18.2 Å². The summed E-state index contributed by atoms with van der Waals surface area (Å²) in [7, 11) is 0. The summed E-state index contributed by atoms with van der Waals surface area (Å²) in [5, 5.41) is 8.37. The molecule has 6 rings (SSSR count). The van der Waals surface area contributed by atoms with Crippen LogP contribution in [0, 0.1) is 37.7 Å². The van der Waals surface area contributed by atoms with E-state index in [2.05, 4.69) is 12.1 Å². The Bertz CT molecular complexity index is 1870. The van der Waals surface area contributed by atoms with Gasteiger partial charge in [0.15, 0.2) is 0 Å². The molecule has 0 aromatic heterocycles. The van der Waals surface area contributed by atoms with Gasteiger partial charge in [-0.15, -0.1) is 0 Å². The van der Waals surface area contributed by atoms with Crippen LogP contribution in [0.3, 0.4) is 0 Å². The average Bonchev–Trinajstić information content (AvgIpc) is 3.49. The number of Topliss-reactive ketones (excluding diaryl/α,β-unsaturated/α-hetero) is 1. The van der Waals surface area contributed by atoms with Crippen molar-refractivity contribution >= 4 is 57.1 Å². The van der Waals surface area contributed by atoms with Gasteiger partial charge in [0, 0.05) is 55.6 Å². The Hall–Kier alpha value is -4.13. The number of ether oxygens (including phenoxy) is 1. The number of hydrogen-bond acceptors (Lipinski definition) is 5. The molecule has 6 nitrogen and oxygen atoms in total. The van der Waals surface area contributed by atoms with E-state index in [-0.39, 0.29) is 88.6 Å². The van der Waals surface area contributed by atoms with Crippen molar-refractivity contribution in [2.75, 3.05) is 0 Å². The molecule has 2 atom stereocenters. The first-order valence-electron chi connectivity index (χ1n) is 16.4. The second kappa shape index (κ2) is 26.6. The Kier molecular flexibility index (Phi) is 24.6. The number of benzene rings is 5. The zero-order valence-corrected chi connectivity index (χ0v) is 32.5. The molecule has 0 radical (unpaired) electrons. The monoisotopic (exact) mass is 816 g/mol. The third kappa shape index (κ3) is 17.9. The van der Waals surface area contributed by atoms with E-state index < -0.39 is 23.5 Å². The van der Waals surface area contributed by atoms with Crippen LogP contribution in [0.5, 0.6) is 0 Å². The molecular weight excluding hydrogens is 774 g/mol. The van der Waals surface area contributed by atoms with Crippen molar-refractivity contribution in [3.63, 3.8) is 0 Å². The van der Waals surface area contributed by atoms with Gasteiger partial charge in [-0.25, -0.2) is 0 Å². The SMILES string of the molecule is C[C@]1(c2ccccc2)OC(=O)C[C@H]1c1ccccc1.O=C(O)CCc1ccccc1.O=C(c1ccccc1)C(F)(F)F.O=C/C=C/c1ccccc1.S.S.[Ar]. The maximum atomic E-state index is 11.8. The van der Waals surface area contributed by atoms with Gasteiger partial charge in [-0.05, 0) is 41.7 Å². The van der Waals surface area contributed by atoms with E-state index in [9.17, 15) is 32.3 Å². The normalized spacial score (nSPS) is 15.2. The number of rotatable bonds is 8. The Morgan fingerprint density at radius 3 is 1.69 bits per heavy atom. The Labute approximate surface area is 363 Å². The zero-order chi connectivity index (χ0) is 37.8. The van der Waals surface area contributed by atoms with Crippen molar-refractivity contribution in [2.45, 2.75) is 43.9 Å². The number of aldehydes is 1. The summed E-state index contributed by atoms with van der Waals surface area (Å²) < 4.78 is 41.0. The summed E-state index contributed by atoms with van der Waals surface area (Å²) in [6.45, 7) is 2.00. The van der Waals surface area contributed by atoms with Gasteiger partial charge in [0.2, 0.25) is 0 Å². The minimum atomic E-state index is -4.78. The number of carboxylic acid groups (broad SMARTS) is 1. The summed E-state index contributed by atoms with van der Waals surface area (Å²) in [6.07, 6.45) is 0.520. The number of cyclic esters (lactones) is 1. The van der Waals surface area contributed by atoms with Gasteiger partial charge in [-0.1, -0.05) is 158 Å². The minimum absolute atomic E-state index is 0. The third-order valence-electron chi connectivity index (χ3n) is 7.84. The van der Waals surface area contributed by atoms with E-state index in [0.29, 0.717) is 12.8 Å². The fraction of sp³-hybridized carbons (Fsp3) is 0.163. The van der Waals surface area contributed by atoms with Gasteiger partial charge >= 0.3 is 18.1 Å². The molecule has 12 heteroatoms. The zero-order valence-electron chi connectivity index (χ0n) is 29.8. The van der Waals surface area contributed by atoms with Gasteiger partial charge < -0.3 is 9.84 Å². The van der Waals surface area contributed by atoms with Crippen LogP contribution in [-0.4, -0.2) is 35.3 Å². The molecule has 0 amide bonds. The number of aryl methyl sites for hydroxylation is 1. The third-order valence-corrected chi connectivity index (χ3v) is 7.84. The molecule has 1 aliphatic rings. The number of carbonyl (C=O) groups excluding carboxylic acids is 3. The van der Waals surface area contributed by atoms with Crippen LogP contribution in [0.4, 0.5) is 13.2 Å². The average molecular weight is 817 g/mol. The van der Waals surface area contributed by atoms with Gasteiger partial charge in [0.1, 0.15) is 11.9 Å². The van der Waals surface area contributed by atoms with Crippen LogP contribution in [0.15, 0.2) is 158 Å². The van der Waals surface area contributed by atoms with Crippen LogP contribution in [0.2, 0.25) is 0 Å². The topological polar surface area (TPSA) is 97.7 Å². The summed E-state index contributed by atoms with van der Waals surface area (Å²) in [6, 6.07) is 46.0. The molecule has 1 saturated heterocycles. The quantitative estimate of drug-likeness (QED) is 0.0725. The molecule has 0 bridgehead atoms. The van der Waals surface area contributed by atoms with E-state index >= 15 is 0 Å². The molecule has 0 spiro atoms. The molecule has 5 aromatic rings. The van der Waals surface area contributed by atoms with Gasteiger partial charge in [-0.2, -0.15) is 40.2 Å². The molecule has 1 N–H and O–H groups in total. The molecular formula is C43H43ArF3O6S2. The molecule has 0 aliphatic carbocycles. The summed E-state index contributed by atoms with van der Waals surface area (Å²) >= 11 is 0. The van der Waals surface area contributed by atoms with Crippen molar-refractivity contribution in [2.24, 2.45) is 0 Å². The van der Waals surface area contributed by atoms with E-state index in [0.717, 1.165) is 40.7 Å². The van der Waals surface area contributed by atoms with Crippen LogP contribution in [0.25, 0.3) is 6.08 Å². The van der Waals surface area contributed by atoms with Crippen molar-refractivity contribution in [1.29, 1.82) is 0 Å². The first-order valence-corrected chi connectivity index (χ1v) is 16.4. The maximum Gasteiger partial charge on any atom is 0.454 e. The predicted molar refractivity (Wildman–Crippen MR) is 215 cm³/mol. The van der Waals surface area contributed by atoms with Crippen LogP contribution in [-0.2, 0) is 31.1 Å². The van der Waals surface area contributed by atoms with Crippen LogP contribution < -0.4 is 0 Å². The Balaban J connectivity index is 0.000000721. The number of alkyl halides is 3. The summed E-state index contributed by atoms with van der Waals surface area (Å²) in [5.74, 6) is -2.60. The van der Waals surface area contributed by atoms with E-state index in [1.54, 1.807) is 12.1 Å². The number of esters is 1. The van der Waals surface area contributed by atoms with E-state index in [4.69, 9.17) is 9.84 Å². The van der Waals surface area contributed by atoms with Gasteiger partial charge in [0.25, 0.3) is 5.78 Å². The fourth-order valence-corrected chi connectivity index (χ4v) is 5.22. The summed E-state index contributed by atoms with van der Waals surface area (Å²) in [4.78, 5) is 42.4. The molecule has 5 aromatic carbocycles. The van der Waals surface area contributed by atoms with Crippen molar-refractivity contribution < 1.29 is 79.9 Å². The number of carboxylic acids is 1. The van der Waals surface area contributed by atoms with Crippen molar-refractivity contribution in [1.82, 2.24) is 0 Å². The molecule has 0 unspecified atom stereocenters. The number of aliphatic carboxylic acids is 1. The minimum Gasteiger partial charge on any atom is -0.481 e. The van der Waals surface area contributed by atoms with Gasteiger partial charge in [-0.3, -0.25) is 19.2 Å². The Morgan fingerprint density at radius 1 is 0.764 bits per heavy atom. The van der Waals surface area contributed by atoms with Crippen LogP contribution in [0.1, 0.15) is 58.3 Å². The smallest absolute Gasteiger partial charge is 0.454 e. The van der Waals surface area contributed by atoms with Crippen LogP contribution >= 0.6 is 27.0 Å². The van der Waals surface area contributed by atoms with Crippen molar-refractivity contribution in [3.05, 3.63) is 186 Å². The molecule has 55 heavy (non-hydrogen) atoms. The van der Waals surface area contributed by atoms with E-state index in [1.807, 2.05) is 116 Å².